The Balaban J connectivity index is 1.32. The van der Waals surface area contributed by atoms with Crippen LogP contribution in [0.4, 0.5) is 5.69 Å². The first kappa shape index (κ1) is 25.5. The van der Waals surface area contributed by atoms with Gasteiger partial charge in [0.15, 0.2) is 0 Å². The minimum Gasteiger partial charge on any atom is -0.487 e. The fourth-order valence-electron chi connectivity index (χ4n) is 4.26. The van der Waals surface area contributed by atoms with Crippen LogP contribution in [-0.2, 0) is 39.4 Å². The smallest absolute Gasteiger partial charge is 0.335 e. The summed E-state index contributed by atoms with van der Waals surface area (Å²) in [6.45, 7) is 3.25. The van der Waals surface area contributed by atoms with E-state index in [0.29, 0.717) is 40.8 Å². The van der Waals surface area contributed by atoms with Crippen molar-refractivity contribution in [2.24, 2.45) is 0 Å². The van der Waals surface area contributed by atoms with Gasteiger partial charge in [0.1, 0.15) is 23.8 Å². The molecular weight excluding hydrogens is 506 g/mol. The molecule has 4 aromatic rings. The van der Waals surface area contributed by atoms with Crippen molar-refractivity contribution < 1.29 is 27.2 Å². The molecule has 0 saturated carbocycles. The molecule has 38 heavy (non-hydrogen) atoms. The predicted octanol–water partition coefficient (Wildman–Crippen LogP) is 4.82. The molecule has 0 aliphatic carbocycles. The lowest BCUT2D eigenvalue weighted by Gasteiger charge is -2.27. The van der Waals surface area contributed by atoms with E-state index in [9.17, 15) is 13.2 Å². The van der Waals surface area contributed by atoms with Gasteiger partial charge in [0.25, 0.3) is 0 Å². The fraction of sp³-hybridized carbons (Fsp3) is 0.214. The first-order chi connectivity index (χ1) is 18.3. The molecule has 0 N–H and O–H groups in total. The van der Waals surface area contributed by atoms with Crippen molar-refractivity contribution in [1.82, 2.24) is 9.45 Å². The number of rotatable bonds is 9. The summed E-state index contributed by atoms with van der Waals surface area (Å²) in [6, 6.07) is 23.8. The van der Waals surface area contributed by atoms with E-state index < -0.39 is 16.2 Å². The molecular formula is C28H27N3O6S. The molecule has 5 rings (SSSR count). The monoisotopic (exact) mass is 533 g/mol. The van der Waals surface area contributed by atoms with Crippen LogP contribution in [-0.4, -0.2) is 30.4 Å². The molecule has 0 amide bonds. The second-order valence-electron chi connectivity index (χ2n) is 8.83. The van der Waals surface area contributed by atoms with Gasteiger partial charge >= 0.3 is 16.2 Å². The summed E-state index contributed by atoms with van der Waals surface area (Å²) in [5.74, 6) is 0.946. The van der Waals surface area contributed by atoms with Crippen molar-refractivity contribution in [1.29, 1.82) is 0 Å². The number of hydrogen-bond donors (Lipinski definition) is 0. The number of benzene rings is 3. The van der Waals surface area contributed by atoms with Crippen LogP contribution in [0, 0.1) is 6.92 Å². The molecule has 0 spiro atoms. The summed E-state index contributed by atoms with van der Waals surface area (Å²) in [6.07, 6.45) is 0.583. The van der Waals surface area contributed by atoms with E-state index in [1.54, 1.807) is 36.4 Å². The highest BCUT2D eigenvalue weighted by molar-refractivity contribution is 7.90. The number of aromatic nitrogens is 1. The van der Waals surface area contributed by atoms with Crippen molar-refractivity contribution in [3.63, 3.8) is 0 Å². The third kappa shape index (κ3) is 5.41. The number of carbonyl (C=O) groups is 1. The van der Waals surface area contributed by atoms with Crippen LogP contribution in [0.25, 0.3) is 11.5 Å². The molecule has 0 bridgehead atoms. The molecule has 0 fully saturated rings. The topological polar surface area (TPSA) is 102 Å². The van der Waals surface area contributed by atoms with Crippen LogP contribution in [0.15, 0.2) is 83.3 Å². The van der Waals surface area contributed by atoms with E-state index in [1.807, 2.05) is 49.4 Å². The maximum absolute atomic E-state index is 13.5. The zero-order chi connectivity index (χ0) is 26.7. The predicted molar refractivity (Wildman–Crippen MR) is 141 cm³/mol. The second-order valence-corrected chi connectivity index (χ2v) is 10.6. The standard InChI is InChI=1S/C28H27N3O6S/c1-20-26(29-28(36-20)24-11-4-3-5-12-24)19-35-25-13-8-9-22(17-25)18-31(37-21(2)32)38(33,34)30-16-15-23-10-6-7-14-27(23)30/h3-14,17H,15-16,18-19H2,1-2H3. The van der Waals surface area contributed by atoms with Crippen LogP contribution >= 0.6 is 0 Å². The third-order valence-corrected chi connectivity index (χ3v) is 7.76. The number of para-hydroxylation sites is 1. The van der Waals surface area contributed by atoms with Gasteiger partial charge in [-0.2, -0.15) is 8.42 Å². The van der Waals surface area contributed by atoms with E-state index in [2.05, 4.69) is 4.98 Å². The number of nitrogens with zero attached hydrogens (tertiary/aromatic N) is 3. The number of aryl methyl sites for hydroxylation is 1. The van der Waals surface area contributed by atoms with Gasteiger partial charge in [0, 0.05) is 19.0 Å². The summed E-state index contributed by atoms with van der Waals surface area (Å²) >= 11 is 0. The zero-order valence-electron chi connectivity index (χ0n) is 21.0. The fourth-order valence-corrected chi connectivity index (χ4v) is 5.74. The Morgan fingerprint density at radius 1 is 1.05 bits per heavy atom. The summed E-state index contributed by atoms with van der Waals surface area (Å²) in [7, 11) is -4.14. The number of hydrogen-bond acceptors (Lipinski definition) is 7. The Morgan fingerprint density at radius 2 is 1.82 bits per heavy atom. The summed E-state index contributed by atoms with van der Waals surface area (Å²) in [5.41, 5.74) is 3.62. The van der Waals surface area contributed by atoms with E-state index >= 15 is 0 Å². The first-order valence-electron chi connectivity index (χ1n) is 12.1. The Morgan fingerprint density at radius 3 is 2.61 bits per heavy atom. The maximum Gasteiger partial charge on any atom is 0.335 e. The molecule has 10 heteroatoms. The molecule has 0 saturated heterocycles. The third-order valence-electron chi connectivity index (χ3n) is 6.11. The van der Waals surface area contributed by atoms with Gasteiger partial charge in [-0.3, -0.25) is 9.10 Å². The second kappa shape index (κ2) is 10.7. The largest absolute Gasteiger partial charge is 0.487 e. The average Bonchev–Trinajstić information content (AvgIpc) is 3.51. The maximum atomic E-state index is 13.5. The lowest BCUT2D eigenvalue weighted by molar-refractivity contribution is -0.168. The highest BCUT2D eigenvalue weighted by Crippen LogP contribution is 2.32. The summed E-state index contributed by atoms with van der Waals surface area (Å²) < 4.78 is 40.8. The van der Waals surface area contributed by atoms with E-state index in [-0.39, 0.29) is 19.7 Å². The van der Waals surface area contributed by atoms with Gasteiger partial charge in [0.2, 0.25) is 5.89 Å². The first-order valence-corrected chi connectivity index (χ1v) is 13.5. The van der Waals surface area contributed by atoms with Crippen LogP contribution in [0.2, 0.25) is 0 Å². The number of fused-ring (bicyclic) bond motifs is 1. The van der Waals surface area contributed by atoms with Crippen LogP contribution in [0.1, 0.15) is 29.5 Å². The molecule has 1 aromatic heterocycles. The molecule has 0 radical (unpaired) electrons. The molecule has 2 heterocycles. The molecule has 9 nitrogen and oxygen atoms in total. The molecule has 196 valence electrons. The van der Waals surface area contributed by atoms with Gasteiger partial charge in [-0.1, -0.05) is 48.5 Å². The van der Waals surface area contributed by atoms with Crippen molar-refractivity contribution in [2.75, 3.05) is 10.8 Å². The lowest BCUT2D eigenvalue weighted by Crippen LogP contribution is -2.43. The Hall–Kier alpha value is -4.15. The van der Waals surface area contributed by atoms with E-state index in [4.69, 9.17) is 14.0 Å². The number of ether oxygens (including phenoxy) is 1. The summed E-state index contributed by atoms with van der Waals surface area (Å²) in [5, 5.41) is 0. The highest BCUT2D eigenvalue weighted by Gasteiger charge is 2.36. The number of anilines is 1. The van der Waals surface area contributed by atoms with Gasteiger partial charge < -0.3 is 14.0 Å². The Kier molecular flexibility index (Phi) is 7.17. The molecule has 0 atom stereocenters. The van der Waals surface area contributed by atoms with E-state index in [1.165, 1.54) is 11.2 Å². The van der Waals surface area contributed by atoms with Crippen molar-refractivity contribution in [3.8, 4) is 17.2 Å². The van der Waals surface area contributed by atoms with Crippen LogP contribution < -0.4 is 9.04 Å². The summed E-state index contributed by atoms with van der Waals surface area (Å²) in [4.78, 5) is 21.6. The van der Waals surface area contributed by atoms with Crippen LogP contribution in [0.5, 0.6) is 5.75 Å². The molecule has 3 aromatic carbocycles. The van der Waals surface area contributed by atoms with Crippen LogP contribution in [0.3, 0.4) is 0 Å². The molecule has 1 aliphatic heterocycles. The molecule has 0 unspecified atom stereocenters. The molecule has 1 aliphatic rings. The average molecular weight is 534 g/mol. The zero-order valence-corrected chi connectivity index (χ0v) is 21.8. The number of carbonyl (C=O) groups excluding carboxylic acids is 1. The normalized spacial score (nSPS) is 13.0. The lowest BCUT2D eigenvalue weighted by atomic mass is 10.2. The number of oxazole rings is 1. The van der Waals surface area contributed by atoms with Crippen molar-refractivity contribution >= 4 is 21.9 Å². The van der Waals surface area contributed by atoms with Gasteiger partial charge in [-0.15, -0.1) is 0 Å². The quantitative estimate of drug-likeness (QED) is 0.284. The Bertz CT molecular complexity index is 1550. The minimum absolute atomic E-state index is 0.169. The van der Waals surface area contributed by atoms with Gasteiger partial charge in [-0.25, -0.2) is 4.98 Å². The van der Waals surface area contributed by atoms with Crippen molar-refractivity contribution in [2.45, 2.75) is 33.4 Å². The van der Waals surface area contributed by atoms with Gasteiger partial charge in [-0.05, 0) is 59.3 Å². The highest BCUT2D eigenvalue weighted by atomic mass is 32.2. The Labute approximate surface area is 221 Å². The minimum atomic E-state index is -4.14. The SMILES string of the molecule is CC(=O)ON(Cc1cccc(OCc2nc(-c3ccccc3)oc2C)c1)S(=O)(=O)N1CCc2ccccc21. The number of hydroxylamine groups is 1. The van der Waals surface area contributed by atoms with Gasteiger partial charge in [0.05, 0.1) is 12.2 Å². The van der Waals surface area contributed by atoms with E-state index in [0.717, 1.165) is 15.6 Å². The van der Waals surface area contributed by atoms with Crippen molar-refractivity contribution in [3.05, 3.63) is 101 Å².